The van der Waals surface area contributed by atoms with Gasteiger partial charge in [-0.1, -0.05) is 51.1 Å². The number of carbonyl (C=O) groups excluding carboxylic acids is 2. The molecule has 0 spiro atoms. The summed E-state index contributed by atoms with van der Waals surface area (Å²) in [6.07, 6.45) is 0.236. The van der Waals surface area contributed by atoms with E-state index in [0.29, 0.717) is 12.1 Å². The van der Waals surface area contributed by atoms with Crippen molar-refractivity contribution in [1.82, 2.24) is 5.32 Å². The average molecular weight is 324 g/mol. The number of hydrogen-bond acceptors (Lipinski definition) is 2. The second-order valence-corrected chi connectivity index (χ2v) is 6.75. The molecule has 0 atom stereocenters. The van der Waals surface area contributed by atoms with Crippen molar-refractivity contribution in [3.8, 4) is 0 Å². The summed E-state index contributed by atoms with van der Waals surface area (Å²) in [5.41, 5.74) is 2.67. The molecule has 24 heavy (non-hydrogen) atoms. The Labute approximate surface area is 143 Å². The number of carbonyl (C=O) groups is 2. The van der Waals surface area contributed by atoms with Gasteiger partial charge in [0.2, 0.25) is 5.91 Å². The Kier molecular flexibility index (Phi) is 5.74. The number of hydrogen-bond donors (Lipinski definition) is 2. The van der Waals surface area contributed by atoms with Crippen LogP contribution in [0.2, 0.25) is 0 Å². The SMILES string of the molecule is CC(C)(C)c1ccc(NC(=O)CCNC(=O)c2ccccc2)cc1. The van der Waals surface area contributed by atoms with Crippen molar-refractivity contribution < 1.29 is 9.59 Å². The molecule has 2 N–H and O–H groups in total. The molecule has 0 fully saturated rings. The fourth-order valence-electron chi connectivity index (χ4n) is 2.26. The summed E-state index contributed by atoms with van der Waals surface area (Å²) in [6.45, 7) is 6.75. The van der Waals surface area contributed by atoms with Crippen molar-refractivity contribution in [2.75, 3.05) is 11.9 Å². The maximum Gasteiger partial charge on any atom is 0.251 e. The normalized spacial score (nSPS) is 11.0. The van der Waals surface area contributed by atoms with Crippen LogP contribution in [0.3, 0.4) is 0 Å². The topological polar surface area (TPSA) is 58.2 Å². The van der Waals surface area contributed by atoms with Gasteiger partial charge < -0.3 is 10.6 Å². The van der Waals surface area contributed by atoms with Crippen LogP contribution in [0.4, 0.5) is 5.69 Å². The largest absolute Gasteiger partial charge is 0.352 e. The van der Waals surface area contributed by atoms with Crippen molar-refractivity contribution >= 4 is 17.5 Å². The van der Waals surface area contributed by atoms with E-state index in [1.807, 2.05) is 42.5 Å². The maximum absolute atomic E-state index is 11.9. The predicted octanol–water partition coefficient (Wildman–Crippen LogP) is 3.74. The Morgan fingerprint density at radius 3 is 2.12 bits per heavy atom. The second kappa shape index (κ2) is 7.77. The smallest absolute Gasteiger partial charge is 0.251 e. The van der Waals surface area contributed by atoms with E-state index in [1.165, 1.54) is 5.56 Å². The quantitative estimate of drug-likeness (QED) is 0.880. The van der Waals surface area contributed by atoms with Crippen LogP contribution < -0.4 is 10.6 Å². The molecule has 4 nitrogen and oxygen atoms in total. The fraction of sp³-hybridized carbons (Fsp3) is 0.300. The average Bonchev–Trinajstić information content (AvgIpc) is 2.55. The molecule has 0 heterocycles. The monoisotopic (exact) mass is 324 g/mol. The minimum Gasteiger partial charge on any atom is -0.352 e. The van der Waals surface area contributed by atoms with Gasteiger partial charge in [0.25, 0.3) is 5.91 Å². The summed E-state index contributed by atoms with van der Waals surface area (Å²) in [6, 6.07) is 16.8. The van der Waals surface area contributed by atoms with E-state index >= 15 is 0 Å². The van der Waals surface area contributed by atoms with E-state index in [4.69, 9.17) is 0 Å². The molecule has 0 bridgehead atoms. The van der Waals surface area contributed by atoms with Crippen molar-refractivity contribution in [3.05, 3.63) is 65.7 Å². The van der Waals surface area contributed by atoms with E-state index in [0.717, 1.165) is 5.69 Å². The lowest BCUT2D eigenvalue weighted by atomic mass is 9.87. The Balaban J connectivity index is 1.78. The Bertz CT molecular complexity index is 686. The van der Waals surface area contributed by atoms with Crippen molar-refractivity contribution in [1.29, 1.82) is 0 Å². The number of nitrogens with one attached hydrogen (secondary N) is 2. The molecular weight excluding hydrogens is 300 g/mol. The van der Waals surface area contributed by atoms with Crippen molar-refractivity contribution in [3.63, 3.8) is 0 Å². The number of rotatable bonds is 5. The third kappa shape index (κ3) is 5.23. The molecule has 0 saturated carbocycles. The molecule has 0 aromatic heterocycles. The highest BCUT2D eigenvalue weighted by Crippen LogP contribution is 2.23. The van der Waals surface area contributed by atoms with Gasteiger partial charge in [-0.25, -0.2) is 0 Å². The molecule has 0 radical (unpaired) electrons. The summed E-state index contributed by atoms with van der Waals surface area (Å²) >= 11 is 0. The van der Waals surface area contributed by atoms with Gasteiger partial charge in [-0.3, -0.25) is 9.59 Å². The summed E-state index contributed by atoms with van der Waals surface area (Å²) < 4.78 is 0. The Morgan fingerprint density at radius 2 is 1.54 bits per heavy atom. The maximum atomic E-state index is 11.9. The van der Waals surface area contributed by atoms with Gasteiger partial charge in [0, 0.05) is 24.2 Å². The van der Waals surface area contributed by atoms with Crippen LogP contribution in [0.15, 0.2) is 54.6 Å². The summed E-state index contributed by atoms with van der Waals surface area (Å²) in [7, 11) is 0. The summed E-state index contributed by atoms with van der Waals surface area (Å²) in [5, 5.41) is 5.59. The Morgan fingerprint density at radius 1 is 0.917 bits per heavy atom. The van der Waals surface area contributed by atoms with Crippen molar-refractivity contribution in [2.45, 2.75) is 32.6 Å². The second-order valence-electron chi connectivity index (χ2n) is 6.75. The molecular formula is C20H24N2O2. The van der Waals surface area contributed by atoms with Crippen LogP contribution in [-0.2, 0) is 10.2 Å². The van der Waals surface area contributed by atoms with Crippen LogP contribution in [0.25, 0.3) is 0 Å². The molecule has 0 aliphatic rings. The zero-order valence-electron chi connectivity index (χ0n) is 14.4. The molecule has 4 heteroatoms. The first-order chi connectivity index (χ1) is 11.4. The van der Waals surface area contributed by atoms with Gasteiger partial charge in [0.05, 0.1) is 0 Å². The van der Waals surface area contributed by atoms with Crippen LogP contribution in [-0.4, -0.2) is 18.4 Å². The van der Waals surface area contributed by atoms with Gasteiger partial charge in [-0.2, -0.15) is 0 Å². The fourth-order valence-corrected chi connectivity index (χ4v) is 2.26. The molecule has 126 valence electrons. The lowest BCUT2D eigenvalue weighted by molar-refractivity contribution is -0.116. The highest BCUT2D eigenvalue weighted by atomic mass is 16.2. The van der Waals surface area contributed by atoms with E-state index < -0.39 is 0 Å². The van der Waals surface area contributed by atoms with Gasteiger partial charge in [0.1, 0.15) is 0 Å². The predicted molar refractivity (Wildman–Crippen MR) is 97.2 cm³/mol. The van der Waals surface area contributed by atoms with E-state index in [-0.39, 0.29) is 23.7 Å². The minimum absolute atomic E-state index is 0.0876. The first-order valence-corrected chi connectivity index (χ1v) is 8.10. The van der Waals surface area contributed by atoms with Crippen LogP contribution >= 0.6 is 0 Å². The van der Waals surface area contributed by atoms with Gasteiger partial charge in [0.15, 0.2) is 0 Å². The molecule has 2 rings (SSSR count). The molecule has 0 aliphatic heterocycles. The minimum atomic E-state index is -0.169. The molecule has 2 amide bonds. The third-order valence-electron chi connectivity index (χ3n) is 3.71. The highest BCUT2D eigenvalue weighted by Gasteiger charge is 2.13. The number of amides is 2. The number of benzene rings is 2. The van der Waals surface area contributed by atoms with Crippen LogP contribution in [0, 0.1) is 0 Å². The zero-order chi connectivity index (χ0) is 17.6. The molecule has 0 unspecified atom stereocenters. The van der Waals surface area contributed by atoms with Gasteiger partial charge in [-0.15, -0.1) is 0 Å². The van der Waals surface area contributed by atoms with E-state index in [2.05, 4.69) is 31.4 Å². The van der Waals surface area contributed by atoms with Crippen LogP contribution in [0.5, 0.6) is 0 Å². The third-order valence-corrected chi connectivity index (χ3v) is 3.71. The van der Waals surface area contributed by atoms with Crippen LogP contribution in [0.1, 0.15) is 43.1 Å². The van der Waals surface area contributed by atoms with Gasteiger partial charge >= 0.3 is 0 Å². The molecule has 2 aromatic rings. The summed E-state index contributed by atoms with van der Waals surface area (Å²) in [4.78, 5) is 23.8. The van der Waals surface area contributed by atoms with E-state index in [9.17, 15) is 9.59 Å². The molecule has 0 saturated heterocycles. The first-order valence-electron chi connectivity index (χ1n) is 8.10. The Hall–Kier alpha value is -2.62. The lowest BCUT2D eigenvalue weighted by Gasteiger charge is -2.19. The standard InChI is InChI=1S/C20H24N2O2/c1-20(2,3)16-9-11-17(12-10-16)22-18(23)13-14-21-19(24)15-7-5-4-6-8-15/h4-12H,13-14H2,1-3H3,(H,21,24)(H,22,23). The summed E-state index contributed by atoms with van der Waals surface area (Å²) in [5.74, 6) is -0.287. The number of anilines is 1. The highest BCUT2D eigenvalue weighted by molar-refractivity contribution is 5.95. The van der Waals surface area contributed by atoms with Gasteiger partial charge in [-0.05, 0) is 35.2 Å². The lowest BCUT2D eigenvalue weighted by Crippen LogP contribution is -2.27. The first kappa shape index (κ1) is 17.7. The van der Waals surface area contributed by atoms with Crippen molar-refractivity contribution in [2.24, 2.45) is 0 Å². The molecule has 2 aromatic carbocycles. The van der Waals surface area contributed by atoms with E-state index in [1.54, 1.807) is 12.1 Å². The molecule has 0 aliphatic carbocycles. The zero-order valence-corrected chi connectivity index (χ0v) is 14.4.